The van der Waals surface area contributed by atoms with Gasteiger partial charge in [0.25, 0.3) is 0 Å². The van der Waals surface area contributed by atoms with E-state index in [9.17, 15) is 10.4 Å². The molecule has 0 saturated carbocycles. The number of fused-ring (bicyclic) bond motifs is 1. The Morgan fingerprint density at radius 1 is 1.10 bits per heavy atom. The van der Waals surface area contributed by atoms with Gasteiger partial charge in [0.05, 0.1) is 11.5 Å². The summed E-state index contributed by atoms with van der Waals surface area (Å²) in [6.07, 6.45) is 1.17. The second-order valence-corrected chi connectivity index (χ2v) is 6.81. The van der Waals surface area contributed by atoms with Gasteiger partial charge in [-0.1, -0.05) is 52.3 Å². The van der Waals surface area contributed by atoms with E-state index >= 15 is 0 Å². The third-order valence-corrected chi connectivity index (χ3v) is 5.18. The number of halogens is 1. The second-order valence-electron chi connectivity index (χ2n) is 5.90. The lowest BCUT2D eigenvalue weighted by Gasteiger charge is -2.38. The molecule has 21 heavy (non-hydrogen) atoms. The average Bonchev–Trinajstić information content (AvgIpc) is 2.88. The van der Waals surface area contributed by atoms with Crippen LogP contribution in [-0.2, 0) is 18.4 Å². The van der Waals surface area contributed by atoms with Crippen LogP contribution in [0.2, 0.25) is 0 Å². The summed E-state index contributed by atoms with van der Waals surface area (Å²) in [4.78, 5) is 0. The number of nitriles is 1. The number of benzene rings is 2. The molecule has 0 bridgehead atoms. The first-order chi connectivity index (χ1) is 9.98. The molecule has 0 saturated heterocycles. The molecule has 0 radical (unpaired) electrons. The molecule has 3 heteroatoms. The first-order valence-electron chi connectivity index (χ1n) is 6.95. The fraction of sp³-hybridized carbons (Fsp3) is 0.278. The van der Waals surface area contributed by atoms with Gasteiger partial charge in [-0.15, -0.1) is 0 Å². The predicted octanol–water partition coefficient (Wildman–Crippen LogP) is 3.97. The van der Waals surface area contributed by atoms with Gasteiger partial charge in [-0.3, -0.25) is 0 Å². The highest BCUT2D eigenvalue weighted by molar-refractivity contribution is 9.10. The van der Waals surface area contributed by atoms with Crippen molar-refractivity contribution >= 4 is 15.9 Å². The molecule has 0 heterocycles. The lowest BCUT2D eigenvalue weighted by atomic mass is 9.68. The first-order valence-corrected chi connectivity index (χ1v) is 7.74. The SMILES string of the molecule is CC(O)(c1ccc(Br)cc1)C1(C#N)Cc2ccccc2C1. The zero-order valence-electron chi connectivity index (χ0n) is 11.8. The molecule has 1 atom stereocenters. The lowest BCUT2D eigenvalue weighted by Crippen LogP contribution is -2.43. The Morgan fingerprint density at radius 3 is 2.10 bits per heavy atom. The van der Waals surface area contributed by atoms with Crippen molar-refractivity contribution in [3.63, 3.8) is 0 Å². The quantitative estimate of drug-likeness (QED) is 0.898. The largest absolute Gasteiger partial charge is 0.384 e. The number of aliphatic hydroxyl groups is 1. The van der Waals surface area contributed by atoms with Crippen LogP contribution in [0.5, 0.6) is 0 Å². The summed E-state index contributed by atoms with van der Waals surface area (Å²) in [5.74, 6) is 0. The topological polar surface area (TPSA) is 44.0 Å². The molecule has 106 valence electrons. The van der Waals surface area contributed by atoms with E-state index in [4.69, 9.17) is 0 Å². The Hall–Kier alpha value is -1.63. The van der Waals surface area contributed by atoms with E-state index in [1.54, 1.807) is 6.92 Å². The molecule has 3 rings (SSSR count). The number of nitrogens with zero attached hydrogens (tertiary/aromatic N) is 1. The normalized spacial score (nSPS) is 18.6. The van der Waals surface area contributed by atoms with Crippen molar-refractivity contribution in [3.8, 4) is 6.07 Å². The van der Waals surface area contributed by atoms with E-state index in [2.05, 4.69) is 22.0 Å². The zero-order chi connectivity index (χ0) is 15.1. The van der Waals surface area contributed by atoms with Crippen LogP contribution in [0.3, 0.4) is 0 Å². The minimum atomic E-state index is -1.19. The highest BCUT2D eigenvalue weighted by atomic mass is 79.9. The number of rotatable bonds is 2. The molecular weight excluding hydrogens is 326 g/mol. The Bertz CT molecular complexity index is 688. The summed E-state index contributed by atoms with van der Waals surface area (Å²) in [5, 5.41) is 21.0. The Morgan fingerprint density at radius 2 is 1.62 bits per heavy atom. The molecule has 2 nitrogen and oxygen atoms in total. The van der Waals surface area contributed by atoms with Crippen LogP contribution in [0, 0.1) is 16.7 Å². The molecule has 1 unspecified atom stereocenters. The van der Waals surface area contributed by atoms with Crippen molar-refractivity contribution in [1.82, 2.24) is 0 Å². The fourth-order valence-corrected chi connectivity index (χ4v) is 3.46. The van der Waals surface area contributed by atoms with E-state index in [-0.39, 0.29) is 0 Å². The second kappa shape index (κ2) is 4.98. The fourth-order valence-electron chi connectivity index (χ4n) is 3.20. The smallest absolute Gasteiger partial charge is 0.106 e. The Kier molecular flexibility index (Phi) is 3.39. The molecule has 1 aliphatic rings. The van der Waals surface area contributed by atoms with Gasteiger partial charge in [-0.2, -0.15) is 5.26 Å². The first kappa shape index (κ1) is 14.3. The molecule has 0 fully saturated rings. The summed E-state index contributed by atoms with van der Waals surface area (Å²) in [7, 11) is 0. The summed E-state index contributed by atoms with van der Waals surface area (Å²) in [5.41, 5.74) is 1.10. The Balaban J connectivity index is 2.05. The van der Waals surface area contributed by atoms with Gasteiger partial charge in [0.1, 0.15) is 5.60 Å². The van der Waals surface area contributed by atoms with Crippen molar-refractivity contribution in [1.29, 1.82) is 5.26 Å². The van der Waals surface area contributed by atoms with Crippen LogP contribution < -0.4 is 0 Å². The molecule has 1 aliphatic carbocycles. The van der Waals surface area contributed by atoms with Gasteiger partial charge >= 0.3 is 0 Å². The number of hydrogen-bond donors (Lipinski definition) is 1. The van der Waals surface area contributed by atoms with Crippen LogP contribution in [0.25, 0.3) is 0 Å². The van der Waals surface area contributed by atoms with Crippen molar-refractivity contribution in [3.05, 3.63) is 69.7 Å². The van der Waals surface area contributed by atoms with Gasteiger partial charge in [0.15, 0.2) is 0 Å². The predicted molar refractivity (Wildman–Crippen MR) is 85.6 cm³/mol. The lowest BCUT2D eigenvalue weighted by molar-refractivity contribution is -0.0405. The third kappa shape index (κ3) is 2.19. The molecule has 2 aromatic rings. The maximum absolute atomic E-state index is 11.2. The molecule has 2 aromatic carbocycles. The van der Waals surface area contributed by atoms with Gasteiger partial charge in [0.2, 0.25) is 0 Å². The van der Waals surface area contributed by atoms with Crippen molar-refractivity contribution in [2.45, 2.75) is 25.4 Å². The molecule has 0 aromatic heterocycles. The van der Waals surface area contributed by atoms with Crippen LogP contribution in [-0.4, -0.2) is 5.11 Å². The number of hydrogen-bond acceptors (Lipinski definition) is 2. The van der Waals surface area contributed by atoms with Crippen molar-refractivity contribution < 1.29 is 5.11 Å². The summed E-state index contributed by atoms with van der Waals surface area (Å²) < 4.78 is 0.961. The van der Waals surface area contributed by atoms with Gasteiger partial charge in [-0.25, -0.2) is 0 Å². The van der Waals surface area contributed by atoms with Crippen LogP contribution >= 0.6 is 15.9 Å². The maximum atomic E-state index is 11.2. The monoisotopic (exact) mass is 341 g/mol. The zero-order valence-corrected chi connectivity index (χ0v) is 13.4. The van der Waals surface area contributed by atoms with Crippen LogP contribution in [0.1, 0.15) is 23.6 Å². The molecular formula is C18H16BrNO. The van der Waals surface area contributed by atoms with Gasteiger partial charge in [0, 0.05) is 4.47 Å². The highest BCUT2D eigenvalue weighted by Crippen LogP contribution is 2.49. The summed E-state index contributed by atoms with van der Waals surface area (Å²) in [6, 6.07) is 18.0. The van der Waals surface area contributed by atoms with Crippen LogP contribution in [0.4, 0.5) is 0 Å². The van der Waals surface area contributed by atoms with E-state index in [1.807, 2.05) is 48.5 Å². The molecule has 1 N–H and O–H groups in total. The summed E-state index contributed by atoms with van der Waals surface area (Å²) >= 11 is 3.40. The van der Waals surface area contributed by atoms with E-state index < -0.39 is 11.0 Å². The van der Waals surface area contributed by atoms with Gasteiger partial charge < -0.3 is 5.11 Å². The maximum Gasteiger partial charge on any atom is 0.106 e. The van der Waals surface area contributed by atoms with E-state index in [1.165, 1.54) is 0 Å². The van der Waals surface area contributed by atoms with Crippen molar-refractivity contribution in [2.24, 2.45) is 5.41 Å². The average molecular weight is 342 g/mol. The summed E-state index contributed by atoms with van der Waals surface area (Å²) in [6.45, 7) is 1.76. The minimum absolute atomic E-state index is 0.586. The molecule has 0 amide bonds. The minimum Gasteiger partial charge on any atom is -0.384 e. The van der Waals surface area contributed by atoms with E-state index in [0.29, 0.717) is 12.8 Å². The standard InChI is InChI=1S/C18H16BrNO/c1-17(21,15-6-8-16(19)9-7-15)18(12-20)10-13-4-2-3-5-14(13)11-18/h2-9,21H,10-11H2,1H3. The van der Waals surface area contributed by atoms with E-state index in [0.717, 1.165) is 21.2 Å². The molecule has 0 aliphatic heterocycles. The molecule has 0 spiro atoms. The van der Waals surface area contributed by atoms with Crippen molar-refractivity contribution in [2.75, 3.05) is 0 Å². The third-order valence-electron chi connectivity index (χ3n) is 4.66. The highest BCUT2D eigenvalue weighted by Gasteiger charge is 2.52. The Labute approximate surface area is 133 Å². The van der Waals surface area contributed by atoms with Crippen LogP contribution in [0.15, 0.2) is 53.0 Å². The van der Waals surface area contributed by atoms with Gasteiger partial charge in [-0.05, 0) is 48.6 Å².